The van der Waals surface area contributed by atoms with Crippen molar-refractivity contribution in [3.05, 3.63) is 54.1 Å². The van der Waals surface area contributed by atoms with E-state index >= 15 is 4.39 Å². The van der Waals surface area contributed by atoms with Gasteiger partial charge in [-0.1, -0.05) is 6.08 Å². The molecule has 204 valence electrons. The second-order valence-electron chi connectivity index (χ2n) is 10.6. The normalized spacial score (nSPS) is 16.0. The number of carbonyl (C=O) groups excluding carboxylic acids is 1. The number of nitrogens with zero attached hydrogens (tertiary/aromatic N) is 5. The van der Waals surface area contributed by atoms with E-state index in [1.807, 2.05) is 52.0 Å². The van der Waals surface area contributed by atoms with Crippen LogP contribution < -0.4 is 4.74 Å². The number of rotatable bonds is 5. The molecule has 1 atom stereocenters. The van der Waals surface area contributed by atoms with Gasteiger partial charge in [-0.25, -0.2) is 19.2 Å². The van der Waals surface area contributed by atoms with Crippen LogP contribution in [0, 0.1) is 5.82 Å². The van der Waals surface area contributed by atoms with Gasteiger partial charge in [0.15, 0.2) is 18.4 Å². The zero-order chi connectivity index (χ0) is 27.9. The van der Waals surface area contributed by atoms with Gasteiger partial charge < -0.3 is 19.1 Å². The fourth-order valence-corrected chi connectivity index (χ4v) is 4.72. The minimum atomic E-state index is -0.561. The summed E-state index contributed by atoms with van der Waals surface area (Å²) < 4.78 is 33.1. The Bertz CT molecular complexity index is 1590. The zero-order valence-corrected chi connectivity index (χ0v) is 23.0. The van der Waals surface area contributed by atoms with Gasteiger partial charge in [-0.05, 0) is 70.0 Å². The number of fused-ring (bicyclic) bond motifs is 2. The minimum absolute atomic E-state index is 0.0374. The first kappa shape index (κ1) is 26.6. The summed E-state index contributed by atoms with van der Waals surface area (Å²) in [5.74, 6) is -0.523. The number of halogens is 1. The van der Waals surface area contributed by atoms with Crippen LogP contribution in [0.2, 0.25) is 0 Å². The van der Waals surface area contributed by atoms with Gasteiger partial charge in [0.1, 0.15) is 11.1 Å². The Balaban J connectivity index is 1.46. The highest BCUT2D eigenvalue weighted by molar-refractivity contribution is 5.89. The largest absolute Gasteiger partial charge is 0.464 e. The number of carbonyl (C=O) groups is 1. The van der Waals surface area contributed by atoms with Gasteiger partial charge in [0.2, 0.25) is 0 Å². The number of aromatic nitrogens is 4. The average molecular weight is 534 g/mol. The molecule has 0 saturated heterocycles. The maximum Gasteiger partial charge on any atom is 0.410 e. The number of amides is 1. The lowest BCUT2D eigenvalue weighted by Crippen LogP contribution is -2.43. The van der Waals surface area contributed by atoms with Gasteiger partial charge in [0.25, 0.3) is 0 Å². The summed E-state index contributed by atoms with van der Waals surface area (Å²) in [6.07, 6.45) is 4.15. The molecular weight excluding hydrogens is 501 g/mol. The molecule has 0 aliphatic carbocycles. The average Bonchev–Trinajstić information content (AvgIpc) is 3.27. The predicted octanol–water partition coefficient (Wildman–Crippen LogP) is 5.72. The third-order valence-electron chi connectivity index (χ3n) is 6.46. The summed E-state index contributed by atoms with van der Waals surface area (Å²) >= 11 is 0. The topological polar surface area (TPSA) is 91.6 Å². The highest BCUT2D eigenvalue weighted by Gasteiger charge is 2.28. The van der Waals surface area contributed by atoms with Gasteiger partial charge in [0, 0.05) is 37.8 Å². The van der Waals surface area contributed by atoms with E-state index in [9.17, 15) is 4.79 Å². The lowest BCUT2D eigenvalue weighted by molar-refractivity contribution is 0.0209. The fraction of sp³-hybridized carbons (Fsp3) is 0.379. The first-order chi connectivity index (χ1) is 18.5. The Morgan fingerprint density at radius 1 is 1.13 bits per heavy atom. The second-order valence-corrected chi connectivity index (χ2v) is 10.6. The monoisotopic (exact) mass is 533 g/mol. The van der Waals surface area contributed by atoms with Crippen molar-refractivity contribution in [1.82, 2.24) is 24.6 Å². The van der Waals surface area contributed by atoms with Gasteiger partial charge in [0.05, 0.1) is 28.5 Å². The Morgan fingerprint density at radius 3 is 2.49 bits per heavy atom. The number of benzene rings is 1. The van der Waals surface area contributed by atoms with E-state index in [0.29, 0.717) is 40.6 Å². The molecule has 0 bridgehead atoms. The third kappa shape index (κ3) is 5.42. The van der Waals surface area contributed by atoms with Crippen LogP contribution in [0.4, 0.5) is 9.18 Å². The highest BCUT2D eigenvalue weighted by atomic mass is 19.1. The van der Waals surface area contributed by atoms with Crippen LogP contribution in [-0.4, -0.2) is 62.8 Å². The zero-order valence-electron chi connectivity index (χ0n) is 23.0. The van der Waals surface area contributed by atoms with E-state index in [2.05, 4.69) is 11.2 Å². The molecule has 1 aromatic carbocycles. The quantitative estimate of drug-likeness (QED) is 0.303. The van der Waals surface area contributed by atoms with Crippen LogP contribution in [0.1, 0.15) is 39.8 Å². The fourth-order valence-electron chi connectivity index (χ4n) is 4.72. The molecule has 10 heteroatoms. The Morgan fingerprint density at radius 2 is 1.82 bits per heavy atom. The van der Waals surface area contributed by atoms with Crippen molar-refractivity contribution < 1.29 is 23.4 Å². The van der Waals surface area contributed by atoms with Gasteiger partial charge >= 0.3 is 6.09 Å². The van der Waals surface area contributed by atoms with E-state index in [1.54, 1.807) is 28.9 Å². The van der Waals surface area contributed by atoms with E-state index in [4.69, 9.17) is 24.2 Å². The highest BCUT2D eigenvalue weighted by Crippen LogP contribution is 2.37. The predicted molar refractivity (Wildman–Crippen MR) is 147 cm³/mol. The van der Waals surface area contributed by atoms with E-state index < -0.39 is 11.4 Å². The standard InChI is InChI=1S/C29H32FN5O4/c1-17-13-18(11-12-35(17)28(36)39-29(2,3)4)21-7-9-24-23(31-21)10-8-22(32-24)20-14-19-15-34(5)33-26(19)25(30)27(20)38-16-37-6/h7-10,13-15,17H,11-12,16H2,1-6H3. The summed E-state index contributed by atoms with van der Waals surface area (Å²) in [6.45, 7) is 7.99. The van der Waals surface area contributed by atoms with Crippen LogP contribution in [-0.2, 0) is 16.5 Å². The smallest absolute Gasteiger partial charge is 0.410 e. The Hall–Kier alpha value is -4.05. The lowest BCUT2D eigenvalue weighted by Gasteiger charge is -2.34. The first-order valence-electron chi connectivity index (χ1n) is 12.8. The molecule has 9 nitrogen and oxygen atoms in total. The Labute approximate surface area is 226 Å². The first-order valence-corrected chi connectivity index (χ1v) is 12.8. The van der Waals surface area contributed by atoms with Crippen LogP contribution in [0.15, 0.2) is 42.6 Å². The van der Waals surface area contributed by atoms with E-state index in [0.717, 1.165) is 11.3 Å². The molecule has 4 heterocycles. The van der Waals surface area contributed by atoms with Crippen molar-refractivity contribution in [2.45, 2.75) is 45.8 Å². The van der Waals surface area contributed by atoms with E-state index in [-0.39, 0.29) is 30.2 Å². The maximum atomic E-state index is 15.4. The molecule has 0 fully saturated rings. The molecule has 0 spiro atoms. The molecule has 0 saturated carbocycles. The summed E-state index contributed by atoms with van der Waals surface area (Å²) in [5, 5.41) is 4.85. The summed E-state index contributed by atoms with van der Waals surface area (Å²) in [4.78, 5) is 23.9. The number of pyridine rings is 2. The minimum Gasteiger partial charge on any atom is -0.464 e. The number of hydrogen-bond acceptors (Lipinski definition) is 7. The van der Waals surface area contributed by atoms with Gasteiger partial charge in [-0.2, -0.15) is 5.10 Å². The molecule has 5 rings (SSSR count). The molecular formula is C29H32FN5O4. The number of hydrogen-bond donors (Lipinski definition) is 0. The molecule has 0 N–H and O–H groups in total. The summed E-state index contributed by atoms with van der Waals surface area (Å²) in [6, 6.07) is 9.20. The molecule has 1 amide bonds. The number of methoxy groups -OCH3 is 1. The van der Waals surface area contributed by atoms with Crippen LogP contribution in [0.3, 0.4) is 0 Å². The van der Waals surface area contributed by atoms with Crippen molar-refractivity contribution in [2.24, 2.45) is 7.05 Å². The lowest BCUT2D eigenvalue weighted by atomic mass is 10.00. The molecule has 1 aliphatic heterocycles. The molecule has 3 aromatic heterocycles. The van der Waals surface area contributed by atoms with Gasteiger partial charge in [-0.3, -0.25) is 4.68 Å². The SMILES string of the molecule is COCOc1c(-c2ccc3nc(C4=CC(C)N(C(=O)OC(C)(C)C)CC4)ccc3n2)cc2cn(C)nc2c1F. The summed E-state index contributed by atoms with van der Waals surface area (Å²) in [5.41, 5.74) is 4.00. The molecule has 1 unspecified atom stereocenters. The molecule has 39 heavy (non-hydrogen) atoms. The maximum absolute atomic E-state index is 15.4. The van der Waals surface area contributed by atoms with Crippen LogP contribution in [0.25, 0.3) is 38.8 Å². The van der Waals surface area contributed by atoms with Crippen LogP contribution in [0.5, 0.6) is 5.75 Å². The Kier molecular flexibility index (Phi) is 6.98. The van der Waals surface area contributed by atoms with E-state index in [1.165, 1.54) is 7.11 Å². The third-order valence-corrected chi connectivity index (χ3v) is 6.46. The number of aryl methyl sites for hydroxylation is 1. The molecule has 4 aromatic rings. The summed E-state index contributed by atoms with van der Waals surface area (Å²) in [7, 11) is 3.22. The van der Waals surface area contributed by atoms with Crippen molar-refractivity contribution in [1.29, 1.82) is 0 Å². The molecule has 1 aliphatic rings. The van der Waals surface area contributed by atoms with Gasteiger partial charge in [-0.15, -0.1) is 0 Å². The van der Waals surface area contributed by atoms with Crippen molar-refractivity contribution >= 4 is 33.6 Å². The number of ether oxygens (including phenoxy) is 3. The second kappa shape index (κ2) is 10.3. The van der Waals surface area contributed by atoms with Crippen molar-refractivity contribution in [3.63, 3.8) is 0 Å². The molecule has 0 radical (unpaired) electrons. The van der Waals surface area contributed by atoms with Crippen LogP contribution >= 0.6 is 0 Å². The van der Waals surface area contributed by atoms with Crippen molar-refractivity contribution in [3.8, 4) is 17.0 Å². The van der Waals surface area contributed by atoms with Crippen molar-refractivity contribution in [2.75, 3.05) is 20.4 Å².